The third kappa shape index (κ3) is 2.52. The number of nitrogens with zero attached hydrogens (tertiary/aromatic N) is 2. The molecule has 0 unspecified atom stereocenters. The van der Waals surface area contributed by atoms with Crippen molar-refractivity contribution in [3.63, 3.8) is 0 Å². The Labute approximate surface area is 102 Å². The lowest BCUT2D eigenvalue weighted by Crippen LogP contribution is -2.09. The van der Waals surface area contributed by atoms with Crippen LogP contribution in [0, 0.1) is 21.4 Å². The van der Waals surface area contributed by atoms with Crippen molar-refractivity contribution in [1.29, 1.82) is 5.26 Å². The van der Waals surface area contributed by atoms with Gasteiger partial charge in [-0.25, -0.2) is 4.79 Å². The summed E-state index contributed by atoms with van der Waals surface area (Å²) in [7, 11) is 0. The predicted octanol–water partition coefficient (Wildman–Crippen LogP) is 2.30. The predicted molar refractivity (Wildman–Crippen MR) is 58.8 cm³/mol. The van der Waals surface area contributed by atoms with Gasteiger partial charge < -0.3 is 4.74 Å². The fourth-order valence-electron chi connectivity index (χ4n) is 1.20. The molecule has 0 heterocycles. The standard InChI is InChI=1S/C10H7ClN2O4/c1-2-17-10(14)8-7(13(15)16)4-3-6(5-12)9(8)11/h3-4H,2H2,1H3. The topological polar surface area (TPSA) is 93.2 Å². The lowest BCUT2D eigenvalue weighted by Gasteiger charge is -2.05. The van der Waals surface area contributed by atoms with Crippen molar-refractivity contribution in [1.82, 2.24) is 0 Å². The Morgan fingerprint density at radius 2 is 2.29 bits per heavy atom. The van der Waals surface area contributed by atoms with Crippen LogP contribution in [0.4, 0.5) is 5.69 Å². The summed E-state index contributed by atoms with van der Waals surface area (Å²) < 4.78 is 4.66. The maximum Gasteiger partial charge on any atom is 0.346 e. The van der Waals surface area contributed by atoms with Crippen LogP contribution >= 0.6 is 11.6 Å². The number of carbonyl (C=O) groups excluding carboxylic acids is 1. The van der Waals surface area contributed by atoms with Crippen molar-refractivity contribution in [3.8, 4) is 6.07 Å². The molecule has 0 aromatic heterocycles. The van der Waals surface area contributed by atoms with Crippen LogP contribution in [0.3, 0.4) is 0 Å². The number of hydrogen-bond acceptors (Lipinski definition) is 5. The summed E-state index contributed by atoms with van der Waals surface area (Å²) in [6.45, 7) is 1.62. The average molecular weight is 255 g/mol. The molecule has 0 atom stereocenters. The van der Waals surface area contributed by atoms with Crippen LogP contribution in [0.5, 0.6) is 0 Å². The van der Waals surface area contributed by atoms with Crippen molar-refractivity contribution >= 4 is 23.3 Å². The number of esters is 1. The van der Waals surface area contributed by atoms with Gasteiger partial charge >= 0.3 is 5.97 Å². The first-order valence-corrected chi connectivity index (χ1v) is 4.94. The van der Waals surface area contributed by atoms with E-state index in [1.807, 2.05) is 0 Å². The third-order valence-electron chi connectivity index (χ3n) is 1.92. The highest BCUT2D eigenvalue weighted by atomic mass is 35.5. The molecule has 0 fully saturated rings. The quantitative estimate of drug-likeness (QED) is 0.469. The van der Waals surface area contributed by atoms with Gasteiger partial charge in [0.05, 0.1) is 22.1 Å². The summed E-state index contributed by atoms with van der Waals surface area (Å²) in [5, 5.41) is 19.2. The number of nitro benzene ring substituents is 1. The summed E-state index contributed by atoms with van der Waals surface area (Å²) in [5.41, 5.74) is -0.884. The molecule has 1 aromatic rings. The minimum Gasteiger partial charge on any atom is -0.462 e. The van der Waals surface area contributed by atoms with Gasteiger partial charge in [-0.1, -0.05) is 11.6 Å². The summed E-state index contributed by atoms with van der Waals surface area (Å²) in [6, 6.07) is 3.97. The van der Waals surface area contributed by atoms with Crippen molar-refractivity contribution in [2.24, 2.45) is 0 Å². The highest BCUT2D eigenvalue weighted by molar-refractivity contribution is 6.35. The lowest BCUT2D eigenvalue weighted by atomic mass is 10.1. The highest BCUT2D eigenvalue weighted by Crippen LogP contribution is 2.30. The van der Waals surface area contributed by atoms with E-state index in [-0.39, 0.29) is 17.2 Å². The second-order valence-corrected chi connectivity index (χ2v) is 3.29. The monoisotopic (exact) mass is 254 g/mol. The maximum absolute atomic E-state index is 11.5. The molecule has 0 spiro atoms. The van der Waals surface area contributed by atoms with E-state index in [0.29, 0.717) is 0 Å². The third-order valence-corrected chi connectivity index (χ3v) is 2.31. The van der Waals surface area contributed by atoms with Gasteiger partial charge in [0.2, 0.25) is 0 Å². The average Bonchev–Trinajstić information content (AvgIpc) is 2.28. The lowest BCUT2D eigenvalue weighted by molar-refractivity contribution is -0.385. The van der Waals surface area contributed by atoms with Crippen LogP contribution < -0.4 is 0 Å². The van der Waals surface area contributed by atoms with Gasteiger partial charge in [-0.2, -0.15) is 5.26 Å². The zero-order chi connectivity index (χ0) is 13.0. The first kappa shape index (κ1) is 12.9. The van der Waals surface area contributed by atoms with Gasteiger partial charge in [0.15, 0.2) is 5.56 Å². The van der Waals surface area contributed by atoms with Crippen molar-refractivity contribution in [3.05, 3.63) is 38.4 Å². The van der Waals surface area contributed by atoms with E-state index in [1.165, 1.54) is 6.07 Å². The molecule has 0 bridgehead atoms. The number of benzene rings is 1. The van der Waals surface area contributed by atoms with E-state index in [0.717, 1.165) is 6.07 Å². The van der Waals surface area contributed by atoms with E-state index in [9.17, 15) is 14.9 Å². The maximum atomic E-state index is 11.5. The van der Waals surface area contributed by atoms with Gasteiger partial charge in [0.1, 0.15) is 6.07 Å². The number of nitriles is 1. The van der Waals surface area contributed by atoms with E-state index in [4.69, 9.17) is 16.9 Å². The van der Waals surface area contributed by atoms with Crippen LogP contribution in [-0.4, -0.2) is 17.5 Å². The van der Waals surface area contributed by atoms with Crippen LogP contribution in [0.1, 0.15) is 22.8 Å². The second-order valence-electron chi connectivity index (χ2n) is 2.91. The summed E-state index contributed by atoms with van der Waals surface area (Å²) in [6.07, 6.45) is 0. The normalized spacial score (nSPS) is 9.47. The van der Waals surface area contributed by atoms with Crippen LogP contribution in [0.15, 0.2) is 12.1 Å². The first-order chi connectivity index (χ1) is 8.02. The molecular weight excluding hydrogens is 248 g/mol. The van der Waals surface area contributed by atoms with Crippen molar-refractivity contribution < 1.29 is 14.5 Å². The minimum absolute atomic E-state index is 0.0136. The number of nitro groups is 1. The Morgan fingerprint density at radius 1 is 1.65 bits per heavy atom. The molecule has 88 valence electrons. The smallest absolute Gasteiger partial charge is 0.346 e. The van der Waals surface area contributed by atoms with Crippen LogP contribution in [0.25, 0.3) is 0 Å². The Hall–Kier alpha value is -2.13. The number of carbonyl (C=O) groups is 1. The van der Waals surface area contributed by atoms with Gasteiger partial charge in [0.25, 0.3) is 5.69 Å². The molecule has 0 aliphatic rings. The molecule has 0 radical (unpaired) electrons. The molecule has 1 aromatic carbocycles. The molecule has 0 saturated carbocycles. The zero-order valence-electron chi connectivity index (χ0n) is 8.77. The van der Waals surface area contributed by atoms with Crippen LogP contribution in [0.2, 0.25) is 5.02 Å². The molecule has 6 nitrogen and oxygen atoms in total. The summed E-state index contributed by atoms with van der Waals surface area (Å²) in [5.74, 6) is -0.915. The second kappa shape index (κ2) is 5.27. The van der Waals surface area contributed by atoms with Crippen molar-refractivity contribution in [2.45, 2.75) is 6.92 Å². The Kier molecular flexibility index (Phi) is 4.01. The molecule has 0 aliphatic carbocycles. The SMILES string of the molecule is CCOC(=O)c1c([N+](=O)[O-])ccc(C#N)c1Cl. The number of hydrogen-bond donors (Lipinski definition) is 0. The number of halogens is 1. The Balaban J connectivity index is 3.46. The molecule has 0 aliphatic heterocycles. The van der Waals surface area contributed by atoms with Gasteiger partial charge in [-0.05, 0) is 13.0 Å². The molecule has 7 heteroatoms. The summed E-state index contributed by atoms with van der Waals surface area (Å²) >= 11 is 5.76. The van der Waals surface area contributed by atoms with Crippen LogP contribution in [-0.2, 0) is 4.74 Å². The van der Waals surface area contributed by atoms with E-state index in [1.54, 1.807) is 13.0 Å². The van der Waals surface area contributed by atoms with E-state index >= 15 is 0 Å². The Bertz CT molecular complexity index is 522. The highest BCUT2D eigenvalue weighted by Gasteiger charge is 2.26. The fourth-order valence-corrected chi connectivity index (χ4v) is 1.48. The van der Waals surface area contributed by atoms with E-state index < -0.39 is 22.1 Å². The largest absolute Gasteiger partial charge is 0.462 e. The van der Waals surface area contributed by atoms with Crippen molar-refractivity contribution in [2.75, 3.05) is 6.61 Å². The van der Waals surface area contributed by atoms with Gasteiger partial charge in [-0.15, -0.1) is 0 Å². The molecule has 0 saturated heterocycles. The fraction of sp³-hybridized carbons (Fsp3) is 0.200. The first-order valence-electron chi connectivity index (χ1n) is 4.57. The minimum atomic E-state index is -0.915. The molecular formula is C10H7ClN2O4. The number of ether oxygens (including phenoxy) is 1. The van der Waals surface area contributed by atoms with Gasteiger partial charge in [-0.3, -0.25) is 10.1 Å². The molecule has 0 amide bonds. The zero-order valence-corrected chi connectivity index (χ0v) is 9.52. The summed E-state index contributed by atoms with van der Waals surface area (Å²) in [4.78, 5) is 21.5. The Morgan fingerprint density at radius 3 is 2.76 bits per heavy atom. The molecule has 0 N–H and O–H groups in total. The molecule has 1 rings (SSSR count). The van der Waals surface area contributed by atoms with E-state index in [2.05, 4.69) is 4.74 Å². The van der Waals surface area contributed by atoms with Gasteiger partial charge in [0, 0.05) is 6.07 Å². The number of rotatable bonds is 3. The molecule has 17 heavy (non-hydrogen) atoms.